The van der Waals surface area contributed by atoms with Gasteiger partial charge < -0.3 is 3.07 Å². The molecule has 0 aromatic heterocycles. The van der Waals surface area contributed by atoms with E-state index in [0.717, 1.165) is 12.2 Å². The third kappa shape index (κ3) is 2.01. The monoisotopic (exact) mass is 250 g/mol. The topological polar surface area (TPSA) is 9.23 Å². The van der Waals surface area contributed by atoms with E-state index >= 15 is 0 Å². The first-order valence-corrected chi connectivity index (χ1v) is 4.42. The molecule has 2 heteroatoms. The van der Waals surface area contributed by atoms with E-state index in [2.05, 4.69) is 19.1 Å². The van der Waals surface area contributed by atoms with Crippen LogP contribution in [0.5, 0.6) is 0 Å². The minimum Gasteiger partial charge on any atom is -0.432 e. The summed E-state index contributed by atoms with van der Waals surface area (Å²) in [6.07, 6.45) is 7.64. The largest absolute Gasteiger partial charge is 0.432 e. The minimum atomic E-state index is 1.07. The summed E-state index contributed by atoms with van der Waals surface area (Å²) in [5.41, 5.74) is 1.53. The molecule has 0 radical (unpaired) electrons. The van der Waals surface area contributed by atoms with Crippen LogP contribution in [0.3, 0.4) is 0 Å². The van der Waals surface area contributed by atoms with E-state index in [9.17, 15) is 0 Å². The Morgan fingerprint density at radius 3 is 2.70 bits per heavy atom. The minimum absolute atomic E-state index is 1.07. The van der Waals surface area contributed by atoms with Gasteiger partial charge in [-0.3, -0.25) is 0 Å². The summed E-state index contributed by atoms with van der Waals surface area (Å²) >= 11 is 1.93. The van der Waals surface area contributed by atoms with Gasteiger partial charge in [0, 0.05) is 6.42 Å². The molecule has 0 atom stereocenters. The van der Waals surface area contributed by atoms with Gasteiger partial charge >= 0.3 is 0 Å². The zero-order chi connectivity index (χ0) is 7.40. The highest BCUT2D eigenvalue weighted by molar-refractivity contribution is 14.1. The molecule has 0 aromatic rings. The molecule has 0 N–H and O–H groups in total. The molecule has 0 heterocycles. The predicted octanol–water partition coefficient (Wildman–Crippen LogP) is 3.37. The van der Waals surface area contributed by atoms with Gasteiger partial charge in [-0.25, -0.2) is 0 Å². The standard InChI is InChI=1S/C8H11IO/c1-2-7-3-5-8(10-9)6-4-7/h3,5H,2,4,6H2,1H3. The average Bonchev–Trinajstić information content (AvgIpc) is 2.05. The highest BCUT2D eigenvalue weighted by atomic mass is 127. The normalized spacial score (nSPS) is 17.8. The van der Waals surface area contributed by atoms with Crippen LogP contribution in [0.1, 0.15) is 26.2 Å². The first-order chi connectivity index (χ1) is 4.86. The molecule has 0 spiro atoms. The van der Waals surface area contributed by atoms with Crippen molar-refractivity contribution in [1.82, 2.24) is 0 Å². The Morgan fingerprint density at radius 2 is 2.30 bits per heavy atom. The van der Waals surface area contributed by atoms with Gasteiger partial charge in [0.05, 0.1) is 0 Å². The smallest absolute Gasteiger partial charge is 0.192 e. The van der Waals surface area contributed by atoms with Crippen LogP contribution in [0.15, 0.2) is 23.5 Å². The van der Waals surface area contributed by atoms with E-state index in [1.165, 1.54) is 18.4 Å². The fraction of sp³-hybridized carbons (Fsp3) is 0.500. The van der Waals surface area contributed by atoms with Gasteiger partial charge in [-0.15, -0.1) is 0 Å². The lowest BCUT2D eigenvalue weighted by Gasteiger charge is -2.10. The number of allylic oxidation sites excluding steroid dienone is 4. The Hall–Kier alpha value is 0.0100. The molecule has 0 fully saturated rings. The Kier molecular flexibility index (Phi) is 3.25. The molecule has 1 nitrogen and oxygen atoms in total. The summed E-state index contributed by atoms with van der Waals surface area (Å²) in [7, 11) is 0. The molecule has 56 valence electrons. The molecular formula is C8H11IO. The molecular weight excluding hydrogens is 239 g/mol. The van der Waals surface area contributed by atoms with Crippen molar-refractivity contribution in [3.05, 3.63) is 23.5 Å². The van der Waals surface area contributed by atoms with Crippen LogP contribution in [0.2, 0.25) is 0 Å². The van der Waals surface area contributed by atoms with Crippen molar-refractivity contribution in [1.29, 1.82) is 0 Å². The van der Waals surface area contributed by atoms with Crippen molar-refractivity contribution in [2.75, 3.05) is 0 Å². The lowest BCUT2D eigenvalue weighted by molar-refractivity contribution is 0.517. The second kappa shape index (κ2) is 4.01. The number of hydrogen-bond donors (Lipinski definition) is 0. The van der Waals surface area contributed by atoms with Gasteiger partial charge in [-0.05, 0) is 18.9 Å². The summed E-state index contributed by atoms with van der Waals surface area (Å²) < 4.78 is 5.07. The van der Waals surface area contributed by atoms with Crippen LogP contribution in [-0.4, -0.2) is 0 Å². The van der Waals surface area contributed by atoms with Crippen LogP contribution in [0.4, 0.5) is 0 Å². The van der Waals surface area contributed by atoms with E-state index in [1.807, 2.05) is 23.0 Å². The third-order valence-electron chi connectivity index (χ3n) is 1.75. The van der Waals surface area contributed by atoms with Crippen LogP contribution in [0.25, 0.3) is 0 Å². The number of hydrogen-bond acceptors (Lipinski definition) is 1. The fourth-order valence-corrected chi connectivity index (χ4v) is 1.39. The average molecular weight is 250 g/mol. The third-order valence-corrected chi connectivity index (χ3v) is 2.32. The molecule has 0 aliphatic heterocycles. The van der Waals surface area contributed by atoms with Gasteiger partial charge in [-0.1, -0.05) is 18.6 Å². The summed E-state index contributed by atoms with van der Waals surface area (Å²) in [5, 5.41) is 0. The lowest BCUT2D eigenvalue weighted by atomic mass is 10.0. The van der Waals surface area contributed by atoms with Crippen molar-refractivity contribution in [3.63, 3.8) is 0 Å². The highest BCUT2D eigenvalue weighted by Gasteiger charge is 2.04. The van der Waals surface area contributed by atoms with Crippen molar-refractivity contribution >= 4 is 23.0 Å². The highest BCUT2D eigenvalue weighted by Crippen LogP contribution is 2.22. The quantitative estimate of drug-likeness (QED) is 0.683. The van der Waals surface area contributed by atoms with Crippen LogP contribution >= 0.6 is 23.0 Å². The molecule has 1 rings (SSSR count). The summed E-state index contributed by atoms with van der Waals surface area (Å²) in [6, 6.07) is 0. The molecule has 0 aromatic carbocycles. The van der Waals surface area contributed by atoms with Crippen molar-refractivity contribution in [2.45, 2.75) is 26.2 Å². The Morgan fingerprint density at radius 1 is 1.50 bits per heavy atom. The van der Waals surface area contributed by atoms with Gasteiger partial charge in [0.25, 0.3) is 0 Å². The maximum atomic E-state index is 5.07. The SMILES string of the molecule is CCC1=CC=C(OI)CC1. The van der Waals surface area contributed by atoms with Gasteiger partial charge in [0.2, 0.25) is 0 Å². The van der Waals surface area contributed by atoms with E-state index < -0.39 is 0 Å². The molecule has 0 unspecified atom stereocenters. The summed E-state index contributed by atoms with van der Waals surface area (Å²) in [6.45, 7) is 2.19. The van der Waals surface area contributed by atoms with Crippen LogP contribution in [0, 0.1) is 0 Å². The predicted molar refractivity (Wildman–Crippen MR) is 50.8 cm³/mol. The van der Waals surface area contributed by atoms with Crippen LogP contribution < -0.4 is 0 Å². The maximum absolute atomic E-state index is 5.07. The van der Waals surface area contributed by atoms with Crippen molar-refractivity contribution in [2.24, 2.45) is 0 Å². The van der Waals surface area contributed by atoms with Crippen LogP contribution in [-0.2, 0) is 3.07 Å². The van der Waals surface area contributed by atoms with Crippen molar-refractivity contribution < 1.29 is 3.07 Å². The van der Waals surface area contributed by atoms with E-state index in [1.54, 1.807) is 0 Å². The first-order valence-electron chi connectivity index (χ1n) is 3.54. The number of halogens is 1. The second-order valence-corrected chi connectivity index (χ2v) is 2.83. The maximum Gasteiger partial charge on any atom is 0.192 e. The molecule has 1 aliphatic rings. The summed E-state index contributed by atoms with van der Waals surface area (Å²) in [5.74, 6) is 1.10. The molecule has 0 amide bonds. The zero-order valence-electron chi connectivity index (χ0n) is 6.06. The lowest BCUT2D eigenvalue weighted by Crippen LogP contribution is -1.91. The van der Waals surface area contributed by atoms with Gasteiger partial charge in [0.1, 0.15) is 5.76 Å². The molecule has 1 aliphatic carbocycles. The Balaban J connectivity index is 2.55. The summed E-state index contributed by atoms with van der Waals surface area (Å²) in [4.78, 5) is 0. The Bertz CT molecular complexity index is 150. The van der Waals surface area contributed by atoms with Gasteiger partial charge in [-0.2, -0.15) is 0 Å². The Labute approximate surface area is 75.8 Å². The first kappa shape index (κ1) is 8.11. The fourth-order valence-electron chi connectivity index (χ4n) is 1.02. The zero-order valence-corrected chi connectivity index (χ0v) is 8.22. The number of rotatable bonds is 2. The van der Waals surface area contributed by atoms with Crippen molar-refractivity contribution in [3.8, 4) is 0 Å². The molecule has 0 bridgehead atoms. The second-order valence-electron chi connectivity index (χ2n) is 2.39. The molecule has 0 saturated heterocycles. The molecule has 10 heavy (non-hydrogen) atoms. The molecule has 0 saturated carbocycles. The van der Waals surface area contributed by atoms with E-state index in [4.69, 9.17) is 3.07 Å². The van der Waals surface area contributed by atoms with E-state index in [0.29, 0.717) is 0 Å². The van der Waals surface area contributed by atoms with E-state index in [-0.39, 0.29) is 0 Å². The van der Waals surface area contributed by atoms with Gasteiger partial charge in [0.15, 0.2) is 23.0 Å².